The summed E-state index contributed by atoms with van der Waals surface area (Å²) in [5.41, 5.74) is 7.95. The predicted molar refractivity (Wildman–Crippen MR) is 61.1 cm³/mol. The number of nitrogen functional groups attached to an aromatic ring is 1. The smallest absolute Gasteiger partial charge is 0.257 e. The third-order valence-electron chi connectivity index (χ3n) is 2.82. The summed E-state index contributed by atoms with van der Waals surface area (Å²) in [4.78, 5) is 15.8. The molecule has 0 spiro atoms. The van der Waals surface area contributed by atoms with E-state index in [4.69, 9.17) is 5.73 Å². The van der Waals surface area contributed by atoms with E-state index in [-0.39, 0.29) is 5.91 Å². The van der Waals surface area contributed by atoms with Gasteiger partial charge in [-0.1, -0.05) is 6.07 Å². The van der Waals surface area contributed by atoms with Gasteiger partial charge in [-0.05, 0) is 12.1 Å². The Morgan fingerprint density at radius 3 is 2.60 bits per heavy atom. The molecule has 15 heavy (non-hydrogen) atoms. The Balaban J connectivity index is 2.60. The Morgan fingerprint density at radius 1 is 1.20 bits per heavy atom. The van der Waals surface area contributed by atoms with Gasteiger partial charge in [0.1, 0.15) is 0 Å². The number of anilines is 2. The van der Waals surface area contributed by atoms with E-state index in [1.54, 1.807) is 18.0 Å². The molecule has 1 aliphatic rings. The molecule has 2 rings (SSSR count). The van der Waals surface area contributed by atoms with Crippen LogP contribution >= 0.6 is 0 Å². The van der Waals surface area contributed by atoms with Crippen molar-refractivity contribution >= 4 is 17.3 Å². The molecule has 1 aromatic carbocycles. The lowest BCUT2D eigenvalue weighted by Crippen LogP contribution is -2.30. The fourth-order valence-corrected chi connectivity index (χ4v) is 1.82. The second-order valence-corrected chi connectivity index (χ2v) is 3.89. The van der Waals surface area contributed by atoms with E-state index in [2.05, 4.69) is 4.90 Å². The van der Waals surface area contributed by atoms with Gasteiger partial charge < -0.3 is 15.5 Å². The lowest BCUT2D eigenvalue weighted by Gasteiger charge is -2.18. The average molecular weight is 205 g/mol. The SMILES string of the molecule is CN1CCN(C)c2cccc(N)c2C1=O. The third kappa shape index (κ3) is 1.52. The molecule has 4 heteroatoms. The second kappa shape index (κ2) is 3.46. The highest BCUT2D eigenvalue weighted by molar-refractivity contribution is 6.05. The van der Waals surface area contributed by atoms with Crippen LogP contribution in [0.25, 0.3) is 0 Å². The van der Waals surface area contributed by atoms with Crippen LogP contribution in [-0.2, 0) is 0 Å². The number of nitrogens with zero attached hydrogens (tertiary/aromatic N) is 2. The van der Waals surface area contributed by atoms with Crippen LogP contribution in [0.4, 0.5) is 11.4 Å². The lowest BCUT2D eigenvalue weighted by molar-refractivity contribution is 0.0806. The molecule has 0 fully saturated rings. The largest absolute Gasteiger partial charge is 0.398 e. The van der Waals surface area contributed by atoms with E-state index in [1.807, 2.05) is 19.2 Å². The average Bonchev–Trinajstić information content (AvgIpc) is 2.32. The van der Waals surface area contributed by atoms with Gasteiger partial charge in [0.25, 0.3) is 5.91 Å². The van der Waals surface area contributed by atoms with Gasteiger partial charge in [-0.25, -0.2) is 0 Å². The molecule has 80 valence electrons. The summed E-state index contributed by atoms with van der Waals surface area (Å²) in [5, 5.41) is 0. The first kappa shape index (κ1) is 9.83. The molecule has 1 aliphatic heterocycles. The highest BCUT2D eigenvalue weighted by Crippen LogP contribution is 2.27. The van der Waals surface area contributed by atoms with Crippen LogP contribution in [0, 0.1) is 0 Å². The Morgan fingerprint density at radius 2 is 1.87 bits per heavy atom. The zero-order valence-corrected chi connectivity index (χ0v) is 9.03. The van der Waals surface area contributed by atoms with Crippen molar-refractivity contribution in [2.75, 3.05) is 37.8 Å². The van der Waals surface area contributed by atoms with Crippen LogP contribution in [0.15, 0.2) is 18.2 Å². The van der Waals surface area contributed by atoms with Crippen LogP contribution in [0.1, 0.15) is 10.4 Å². The van der Waals surface area contributed by atoms with Gasteiger partial charge in [-0.15, -0.1) is 0 Å². The minimum atomic E-state index is 0.00690. The molecule has 1 heterocycles. The monoisotopic (exact) mass is 205 g/mol. The molecule has 0 saturated heterocycles. The summed E-state index contributed by atoms with van der Waals surface area (Å²) in [6.45, 7) is 1.56. The number of fused-ring (bicyclic) bond motifs is 1. The molecule has 4 nitrogen and oxygen atoms in total. The van der Waals surface area contributed by atoms with Crippen LogP contribution in [0.3, 0.4) is 0 Å². The highest BCUT2D eigenvalue weighted by Gasteiger charge is 2.24. The van der Waals surface area contributed by atoms with Crippen molar-refractivity contribution < 1.29 is 4.79 Å². The zero-order chi connectivity index (χ0) is 11.0. The number of nitrogens with two attached hydrogens (primary N) is 1. The third-order valence-corrected chi connectivity index (χ3v) is 2.82. The van der Waals surface area contributed by atoms with E-state index in [9.17, 15) is 4.79 Å². The maximum atomic E-state index is 12.0. The van der Waals surface area contributed by atoms with E-state index in [1.165, 1.54) is 0 Å². The number of amides is 1. The Bertz CT molecular complexity index is 403. The zero-order valence-electron chi connectivity index (χ0n) is 9.03. The maximum absolute atomic E-state index is 12.0. The van der Waals surface area contributed by atoms with Crippen molar-refractivity contribution in [3.63, 3.8) is 0 Å². The predicted octanol–water partition coefficient (Wildman–Crippen LogP) is 0.791. The molecule has 0 radical (unpaired) electrons. The van der Waals surface area contributed by atoms with Gasteiger partial charge in [0.15, 0.2) is 0 Å². The van der Waals surface area contributed by atoms with Crippen molar-refractivity contribution in [1.29, 1.82) is 0 Å². The van der Waals surface area contributed by atoms with Crippen molar-refractivity contribution in [2.45, 2.75) is 0 Å². The standard InChI is InChI=1S/C11H15N3O/c1-13-6-7-14(2)11(15)10-8(12)4-3-5-9(10)13/h3-5H,6-7,12H2,1-2H3. The number of carbonyl (C=O) groups is 1. The molecule has 0 aromatic heterocycles. The van der Waals surface area contributed by atoms with Gasteiger partial charge >= 0.3 is 0 Å². The molecule has 0 aliphatic carbocycles. The fraction of sp³-hybridized carbons (Fsp3) is 0.364. The van der Waals surface area contributed by atoms with Crippen molar-refractivity contribution in [1.82, 2.24) is 4.90 Å². The Labute approximate surface area is 89.3 Å². The Hall–Kier alpha value is -1.71. The highest BCUT2D eigenvalue weighted by atomic mass is 16.2. The number of hydrogen-bond donors (Lipinski definition) is 1. The summed E-state index contributed by atoms with van der Waals surface area (Å²) >= 11 is 0. The topological polar surface area (TPSA) is 49.6 Å². The van der Waals surface area contributed by atoms with Gasteiger partial charge in [-0.3, -0.25) is 4.79 Å². The van der Waals surface area contributed by atoms with Crippen molar-refractivity contribution in [3.05, 3.63) is 23.8 Å². The van der Waals surface area contributed by atoms with E-state index >= 15 is 0 Å². The number of hydrogen-bond acceptors (Lipinski definition) is 3. The van der Waals surface area contributed by atoms with E-state index < -0.39 is 0 Å². The van der Waals surface area contributed by atoms with Crippen molar-refractivity contribution in [3.8, 4) is 0 Å². The van der Waals surface area contributed by atoms with Crippen LogP contribution < -0.4 is 10.6 Å². The first-order chi connectivity index (χ1) is 7.11. The molecular weight excluding hydrogens is 190 g/mol. The van der Waals surface area contributed by atoms with Gasteiger partial charge in [0, 0.05) is 32.9 Å². The summed E-state index contributed by atoms with van der Waals surface area (Å²) in [6.07, 6.45) is 0. The fourth-order valence-electron chi connectivity index (χ4n) is 1.82. The first-order valence-corrected chi connectivity index (χ1v) is 4.96. The van der Waals surface area contributed by atoms with Gasteiger partial charge in [0.2, 0.25) is 0 Å². The maximum Gasteiger partial charge on any atom is 0.257 e. The lowest BCUT2D eigenvalue weighted by atomic mass is 10.1. The number of rotatable bonds is 0. The molecule has 0 unspecified atom stereocenters. The first-order valence-electron chi connectivity index (χ1n) is 4.96. The van der Waals surface area contributed by atoms with Crippen LogP contribution in [0.5, 0.6) is 0 Å². The van der Waals surface area contributed by atoms with Crippen LogP contribution in [-0.4, -0.2) is 38.0 Å². The number of carbonyl (C=O) groups excluding carboxylic acids is 1. The normalized spacial score (nSPS) is 16.3. The van der Waals surface area contributed by atoms with Crippen LogP contribution in [0.2, 0.25) is 0 Å². The number of likely N-dealkylation sites (N-methyl/N-ethyl adjacent to an activating group) is 2. The van der Waals surface area contributed by atoms with Gasteiger partial charge in [-0.2, -0.15) is 0 Å². The second-order valence-electron chi connectivity index (χ2n) is 3.89. The molecular formula is C11H15N3O. The Kier molecular flexibility index (Phi) is 2.26. The molecule has 1 aromatic rings. The summed E-state index contributed by atoms with van der Waals surface area (Å²) in [7, 11) is 3.78. The molecule has 0 bridgehead atoms. The molecule has 2 N–H and O–H groups in total. The summed E-state index contributed by atoms with van der Waals surface area (Å²) in [6, 6.07) is 5.58. The summed E-state index contributed by atoms with van der Waals surface area (Å²) < 4.78 is 0. The summed E-state index contributed by atoms with van der Waals surface area (Å²) in [5.74, 6) is 0.00690. The minimum absolute atomic E-state index is 0.00690. The molecule has 1 amide bonds. The van der Waals surface area contributed by atoms with Gasteiger partial charge in [0.05, 0.1) is 11.3 Å². The minimum Gasteiger partial charge on any atom is -0.398 e. The quantitative estimate of drug-likeness (QED) is 0.637. The number of benzene rings is 1. The van der Waals surface area contributed by atoms with E-state index in [0.29, 0.717) is 11.3 Å². The molecule has 0 saturated carbocycles. The molecule has 0 atom stereocenters. The van der Waals surface area contributed by atoms with E-state index in [0.717, 1.165) is 18.8 Å². The van der Waals surface area contributed by atoms with Crippen molar-refractivity contribution in [2.24, 2.45) is 0 Å².